The number of methoxy groups -OCH3 is 1. The van der Waals surface area contributed by atoms with E-state index in [4.69, 9.17) is 13.9 Å². The number of carbonyl (C=O) groups is 2. The standard InChI is InChI=1S/C37H38FN3O7S/c1-8-41(49(7,44)45)30-21-32-28(20-27(30)23-14-17-31(46-6)29(18-23)35(42)40-37(2,3)4)33(36(43)39-5)34(48-32)22-12-15-25(16-13-22)47-26-11-9-10-24(38)19-26/h9-21H,8H2,1-7H3,(H,39,43)(H,40,42). The molecule has 0 saturated heterocycles. The maximum absolute atomic E-state index is 13.7. The van der Waals surface area contributed by atoms with Crippen molar-refractivity contribution in [1.29, 1.82) is 0 Å². The molecule has 5 aromatic rings. The van der Waals surface area contributed by atoms with Crippen LogP contribution in [0.1, 0.15) is 48.4 Å². The monoisotopic (exact) mass is 687 g/mol. The van der Waals surface area contributed by atoms with Crippen LogP contribution < -0.4 is 24.4 Å². The van der Waals surface area contributed by atoms with Gasteiger partial charge < -0.3 is 24.5 Å². The van der Waals surface area contributed by atoms with E-state index in [1.54, 1.807) is 73.7 Å². The van der Waals surface area contributed by atoms with Crippen LogP contribution in [0, 0.1) is 5.82 Å². The van der Waals surface area contributed by atoms with Crippen LogP contribution in [0.15, 0.2) is 83.3 Å². The average Bonchev–Trinajstić information content (AvgIpc) is 3.41. The summed E-state index contributed by atoms with van der Waals surface area (Å²) in [5.41, 5.74) is 2.03. The van der Waals surface area contributed by atoms with Gasteiger partial charge in [-0.15, -0.1) is 0 Å². The van der Waals surface area contributed by atoms with Crippen molar-refractivity contribution in [3.05, 3.63) is 95.8 Å². The molecular formula is C37H38FN3O7S. The summed E-state index contributed by atoms with van der Waals surface area (Å²) >= 11 is 0. The van der Waals surface area contributed by atoms with Crippen LogP contribution in [0.4, 0.5) is 10.1 Å². The number of anilines is 1. The number of furan rings is 1. The molecule has 0 bridgehead atoms. The number of carbonyl (C=O) groups excluding carboxylic acids is 2. The predicted molar refractivity (Wildman–Crippen MR) is 189 cm³/mol. The van der Waals surface area contributed by atoms with Crippen molar-refractivity contribution in [3.63, 3.8) is 0 Å². The lowest BCUT2D eigenvalue weighted by atomic mass is 9.96. The maximum Gasteiger partial charge on any atom is 0.255 e. The van der Waals surface area contributed by atoms with E-state index in [9.17, 15) is 22.4 Å². The summed E-state index contributed by atoms with van der Waals surface area (Å²) in [6, 6.07) is 20.8. The Bertz CT molecular complexity index is 2150. The first kappa shape index (κ1) is 35.0. The van der Waals surface area contributed by atoms with Gasteiger partial charge in [0.1, 0.15) is 34.4 Å². The molecule has 10 nitrogen and oxygen atoms in total. The number of amides is 2. The van der Waals surface area contributed by atoms with Crippen LogP contribution in [0.2, 0.25) is 0 Å². The number of rotatable bonds is 10. The number of ether oxygens (including phenoxy) is 2. The van der Waals surface area contributed by atoms with E-state index in [2.05, 4.69) is 10.6 Å². The third-order valence-corrected chi connectivity index (χ3v) is 8.86. The minimum Gasteiger partial charge on any atom is -0.496 e. The molecular weight excluding hydrogens is 649 g/mol. The molecule has 2 N–H and O–H groups in total. The van der Waals surface area contributed by atoms with Crippen LogP contribution in [0.25, 0.3) is 33.4 Å². The Morgan fingerprint density at radius 1 is 0.918 bits per heavy atom. The molecule has 0 unspecified atom stereocenters. The van der Waals surface area contributed by atoms with Gasteiger partial charge in [-0.05, 0) is 87.9 Å². The zero-order valence-electron chi connectivity index (χ0n) is 28.3. The Hall–Kier alpha value is -5.36. The minimum absolute atomic E-state index is 0.105. The molecule has 5 rings (SSSR count). The van der Waals surface area contributed by atoms with Crippen molar-refractivity contribution in [2.24, 2.45) is 0 Å². The van der Waals surface area contributed by atoms with Gasteiger partial charge >= 0.3 is 0 Å². The lowest BCUT2D eigenvalue weighted by Crippen LogP contribution is -2.40. The van der Waals surface area contributed by atoms with E-state index in [-0.39, 0.29) is 34.9 Å². The van der Waals surface area contributed by atoms with Gasteiger partial charge in [-0.1, -0.05) is 12.1 Å². The molecule has 4 aromatic carbocycles. The first-order valence-corrected chi connectivity index (χ1v) is 17.3. The van der Waals surface area contributed by atoms with E-state index in [1.807, 2.05) is 20.8 Å². The smallest absolute Gasteiger partial charge is 0.255 e. The number of fused-ring (bicyclic) bond motifs is 1. The van der Waals surface area contributed by atoms with Gasteiger partial charge in [-0.25, -0.2) is 12.8 Å². The second-order valence-electron chi connectivity index (χ2n) is 12.4. The summed E-state index contributed by atoms with van der Waals surface area (Å²) in [5, 5.41) is 6.05. The fourth-order valence-corrected chi connectivity index (χ4v) is 6.49. The molecule has 0 saturated carbocycles. The summed E-state index contributed by atoms with van der Waals surface area (Å²) < 4.78 is 58.6. The fraction of sp³-hybridized carbons (Fsp3) is 0.243. The summed E-state index contributed by atoms with van der Waals surface area (Å²) in [5.74, 6) is 0.124. The first-order valence-electron chi connectivity index (χ1n) is 15.5. The number of halogens is 1. The molecule has 49 heavy (non-hydrogen) atoms. The highest BCUT2D eigenvalue weighted by molar-refractivity contribution is 7.92. The highest BCUT2D eigenvalue weighted by Crippen LogP contribution is 2.42. The van der Waals surface area contributed by atoms with Gasteiger partial charge in [0, 0.05) is 47.8 Å². The molecule has 1 aromatic heterocycles. The quantitative estimate of drug-likeness (QED) is 0.157. The Kier molecular flexibility index (Phi) is 9.73. The third kappa shape index (κ3) is 7.54. The number of sulfonamides is 1. The maximum atomic E-state index is 13.7. The Balaban J connectivity index is 1.72. The summed E-state index contributed by atoms with van der Waals surface area (Å²) in [4.78, 5) is 26.8. The number of nitrogens with one attached hydrogen (secondary N) is 2. The van der Waals surface area contributed by atoms with Crippen LogP contribution in [0.5, 0.6) is 17.2 Å². The molecule has 1 heterocycles. The van der Waals surface area contributed by atoms with Crippen LogP contribution in [-0.2, 0) is 10.0 Å². The van der Waals surface area contributed by atoms with Gasteiger partial charge in [0.2, 0.25) is 10.0 Å². The molecule has 2 amide bonds. The van der Waals surface area contributed by atoms with Gasteiger partial charge in [-0.3, -0.25) is 13.9 Å². The second-order valence-corrected chi connectivity index (χ2v) is 14.3. The largest absolute Gasteiger partial charge is 0.496 e. The summed E-state index contributed by atoms with van der Waals surface area (Å²) in [7, 11) is -0.803. The lowest BCUT2D eigenvalue weighted by molar-refractivity contribution is 0.0915. The van der Waals surface area contributed by atoms with Gasteiger partial charge in [0.05, 0.1) is 30.2 Å². The van der Waals surface area contributed by atoms with Crippen LogP contribution in [-0.4, -0.2) is 52.7 Å². The van der Waals surface area contributed by atoms with E-state index < -0.39 is 27.3 Å². The molecule has 0 radical (unpaired) electrons. The van der Waals surface area contributed by atoms with Crippen molar-refractivity contribution in [2.75, 3.05) is 31.3 Å². The SMILES string of the molecule is CCN(c1cc2oc(-c3ccc(Oc4cccc(F)c4)cc3)c(C(=O)NC)c2cc1-c1ccc(OC)c(C(=O)NC(C)(C)C)c1)S(C)(=O)=O. The zero-order chi connectivity index (χ0) is 35.7. The van der Waals surface area contributed by atoms with Crippen molar-refractivity contribution >= 4 is 38.5 Å². The second kappa shape index (κ2) is 13.6. The highest BCUT2D eigenvalue weighted by Gasteiger charge is 2.28. The molecule has 0 aliphatic rings. The van der Waals surface area contributed by atoms with E-state index in [0.29, 0.717) is 45.0 Å². The normalized spacial score (nSPS) is 11.7. The van der Waals surface area contributed by atoms with Crippen molar-refractivity contribution < 1.29 is 36.3 Å². The van der Waals surface area contributed by atoms with Crippen LogP contribution >= 0.6 is 0 Å². The van der Waals surface area contributed by atoms with Crippen molar-refractivity contribution in [1.82, 2.24) is 10.6 Å². The molecule has 256 valence electrons. The fourth-order valence-electron chi connectivity index (χ4n) is 5.51. The number of benzene rings is 4. The Morgan fingerprint density at radius 2 is 1.61 bits per heavy atom. The molecule has 0 spiro atoms. The lowest BCUT2D eigenvalue weighted by Gasteiger charge is -2.24. The number of nitrogens with zero attached hydrogens (tertiary/aromatic N) is 1. The molecule has 0 atom stereocenters. The topological polar surface area (TPSA) is 127 Å². The predicted octanol–water partition coefficient (Wildman–Crippen LogP) is 7.38. The van der Waals surface area contributed by atoms with Crippen LogP contribution in [0.3, 0.4) is 0 Å². The van der Waals surface area contributed by atoms with E-state index in [0.717, 1.165) is 6.26 Å². The molecule has 0 aliphatic carbocycles. The molecule has 12 heteroatoms. The van der Waals surface area contributed by atoms with Gasteiger partial charge in [0.25, 0.3) is 11.8 Å². The molecule has 0 aliphatic heterocycles. The zero-order valence-corrected chi connectivity index (χ0v) is 29.1. The average molecular weight is 688 g/mol. The summed E-state index contributed by atoms with van der Waals surface area (Å²) in [6.07, 6.45) is 1.11. The van der Waals surface area contributed by atoms with E-state index >= 15 is 0 Å². The third-order valence-electron chi connectivity index (χ3n) is 7.61. The van der Waals surface area contributed by atoms with Gasteiger partial charge in [-0.2, -0.15) is 0 Å². The van der Waals surface area contributed by atoms with Crippen molar-refractivity contribution in [2.45, 2.75) is 33.2 Å². The summed E-state index contributed by atoms with van der Waals surface area (Å²) in [6.45, 7) is 7.40. The molecule has 0 fully saturated rings. The first-order chi connectivity index (χ1) is 23.1. The Labute approximate surface area is 284 Å². The van der Waals surface area contributed by atoms with Crippen molar-refractivity contribution in [3.8, 4) is 39.7 Å². The van der Waals surface area contributed by atoms with E-state index in [1.165, 1.54) is 30.6 Å². The highest BCUT2D eigenvalue weighted by atomic mass is 32.2. The van der Waals surface area contributed by atoms with Gasteiger partial charge in [0.15, 0.2) is 0 Å². The Morgan fingerprint density at radius 3 is 2.20 bits per heavy atom. The number of hydrogen-bond donors (Lipinski definition) is 2. The number of hydrogen-bond acceptors (Lipinski definition) is 7. The minimum atomic E-state index is -3.77.